The highest BCUT2D eigenvalue weighted by molar-refractivity contribution is 8.15. The Balaban J connectivity index is 2.36. The summed E-state index contributed by atoms with van der Waals surface area (Å²) < 4.78 is 2.82. The molecule has 0 bridgehead atoms. The maximum atomic E-state index is 11.1. The summed E-state index contributed by atoms with van der Waals surface area (Å²) in [5.74, 6) is 0. The lowest BCUT2D eigenvalue weighted by Gasteiger charge is -2.22. The minimum Gasteiger partial charge on any atom is -0.351 e. The van der Waals surface area contributed by atoms with Crippen molar-refractivity contribution in [2.24, 2.45) is 5.73 Å². The topological polar surface area (TPSA) is 55.1 Å². The molecule has 3 nitrogen and oxygen atoms in total. The van der Waals surface area contributed by atoms with E-state index in [1.54, 1.807) is 0 Å². The number of nitrogens with two attached hydrogens (primary N) is 1. The van der Waals surface area contributed by atoms with Crippen LogP contribution < -0.4 is 10.5 Å². The van der Waals surface area contributed by atoms with Gasteiger partial charge >= 0.3 is 6.03 Å². The number of amides is 2. The van der Waals surface area contributed by atoms with Gasteiger partial charge in [0, 0.05) is 9.79 Å². The van der Waals surface area contributed by atoms with E-state index in [9.17, 15) is 4.79 Å². The molecule has 2 rings (SSSR count). The molecule has 0 aliphatic rings. The van der Waals surface area contributed by atoms with Crippen LogP contribution in [0.3, 0.4) is 0 Å². The van der Waals surface area contributed by atoms with E-state index >= 15 is 0 Å². The molecule has 0 fully saturated rings. The van der Waals surface area contributed by atoms with Crippen molar-refractivity contribution in [2.75, 3.05) is 0 Å². The third-order valence-corrected chi connectivity index (χ3v) is 4.32. The largest absolute Gasteiger partial charge is 0.351 e. The molecule has 0 aromatic heterocycles. The van der Waals surface area contributed by atoms with E-state index in [1.807, 2.05) is 60.7 Å². The number of benzene rings is 2. The van der Waals surface area contributed by atoms with E-state index in [1.165, 1.54) is 0 Å². The molecule has 17 heavy (non-hydrogen) atoms. The van der Waals surface area contributed by atoms with Crippen LogP contribution in [0.4, 0.5) is 4.79 Å². The lowest BCUT2D eigenvalue weighted by Crippen LogP contribution is -2.26. The Labute approximate surface area is 103 Å². The van der Waals surface area contributed by atoms with Crippen molar-refractivity contribution in [3.05, 3.63) is 60.7 Å². The van der Waals surface area contributed by atoms with Crippen molar-refractivity contribution < 1.29 is 4.79 Å². The fraction of sp³-hybridized carbons (Fsp3) is 0. The standard InChI is InChI=1S/C13H14N2OS/c14-13(16)15-17(11-7-3-1-4-8-11)12-9-5-2-6-10-12/h1-10,17H,(H3,14,15,16). The van der Waals surface area contributed by atoms with Crippen molar-refractivity contribution in [2.45, 2.75) is 9.79 Å². The van der Waals surface area contributed by atoms with Gasteiger partial charge < -0.3 is 5.73 Å². The van der Waals surface area contributed by atoms with Crippen molar-refractivity contribution in [3.63, 3.8) is 0 Å². The molecule has 88 valence electrons. The van der Waals surface area contributed by atoms with Gasteiger partial charge in [-0.05, 0) is 24.3 Å². The molecule has 2 aromatic carbocycles. The van der Waals surface area contributed by atoms with Gasteiger partial charge in [-0.2, -0.15) is 0 Å². The van der Waals surface area contributed by atoms with Crippen LogP contribution in [0.1, 0.15) is 0 Å². The van der Waals surface area contributed by atoms with Crippen LogP contribution in [0.15, 0.2) is 70.5 Å². The molecule has 0 spiro atoms. The molecule has 0 unspecified atom stereocenters. The summed E-state index contributed by atoms with van der Waals surface area (Å²) in [5, 5.41) is 0. The van der Waals surface area contributed by atoms with Crippen molar-refractivity contribution in [3.8, 4) is 0 Å². The number of primary amides is 1. The molecule has 0 saturated heterocycles. The highest BCUT2D eigenvalue weighted by Gasteiger charge is 2.10. The Hall–Kier alpha value is -1.94. The van der Waals surface area contributed by atoms with Crippen molar-refractivity contribution in [1.29, 1.82) is 0 Å². The molecular weight excluding hydrogens is 232 g/mol. The van der Waals surface area contributed by atoms with Crippen LogP contribution in [0.5, 0.6) is 0 Å². The Bertz CT molecular complexity index is 448. The van der Waals surface area contributed by atoms with Gasteiger partial charge in [0.1, 0.15) is 0 Å². The number of carbonyl (C=O) groups excluding carboxylic acids is 1. The second-order valence-electron chi connectivity index (χ2n) is 3.48. The van der Waals surface area contributed by atoms with Gasteiger partial charge in [0.25, 0.3) is 0 Å². The Morgan fingerprint density at radius 2 is 1.29 bits per heavy atom. The van der Waals surface area contributed by atoms with Crippen molar-refractivity contribution in [1.82, 2.24) is 4.72 Å². The summed E-state index contributed by atoms with van der Waals surface area (Å²) >= 11 is -0.915. The molecule has 0 saturated carbocycles. The minimum absolute atomic E-state index is 0.496. The van der Waals surface area contributed by atoms with Gasteiger partial charge in [-0.15, -0.1) is 11.1 Å². The van der Waals surface area contributed by atoms with Gasteiger partial charge in [0.2, 0.25) is 0 Å². The number of nitrogens with one attached hydrogen (secondary N) is 1. The molecule has 2 amide bonds. The van der Waals surface area contributed by atoms with Gasteiger partial charge in [-0.3, -0.25) is 4.72 Å². The normalized spacial score (nSPS) is 10.7. The first kappa shape index (κ1) is 11.5. The molecule has 0 atom stereocenters. The summed E-state index contributed by atoms with van der Waals surface area (Å²) in [5.41, 5.74) is 5.23. The van der Waals surface area contributed by atoms with Crippen LogP contribution in [-0.2, 0) is 0 Å². The number of carbonyl (C=O) groups is 1. The third-order valence-electron chi connectivity index (χ3n) is 2.25. The number of rotatable bonds is 3. The van der Waals surface area contributed by atoms with Crippen LogP contribution in [0.25, 0.3) is 0 Å². The van der Waals surface area contributed by atoms with E-state index in [2.05, 4.69) is 4.72 Å². The van der Waals surface area contributed by atoms with E-state index in [0.29, 0.717) is 0 Å². The summed E-state index contributed by atoms with van der Waals surface area (Å²) in [6.07, 6.45) is 0. The van der Waals surface area contributed by atoms with Gasteiger partial charge in [0.05, 0.1) is 0 Å². The Morgan fingerprint density at radius 3 is 1.65 bits per heavy atom. The zero-order valence-corrected chi connectivity index (χ0v) is 10.1. The lowest BCUT2D eigenvalue weighted by atomic mass is 10.4. The molecule has 0 heterocycles. The zero-order chi connectivity index (χ0) is 12.1. The van der Waals surface area contributed by atoms with Gasteiger partial charge in [-0.1, -0.05) is 36.4 Å². The van der Waals surface area contributed by atoms with E-state index < -0.39 is 17.1 Å². The highest BCUT2D eigenvalue weighted by atomic mass is 32.2. The molecule has 0 aliphatic carbocycles. The third kappa shape index (κ3) is 3.01. The Kier molecular flexibility index (Phi) is 3.67. The van der Waals surface area contributed by atoms with Crippen LogP contribution in [0.2, 0.25) is 0 Å². The summed E-state index contributed by atoms with van der Waals surface area (Å²) in [7, 11) is 0. The lowest BCUT2D eigenvalue weighted by molar-refractivity contribution is 0.254. The molecule has 0 radical (unpaired) electrons. The van der Waals surface area contributed by atoms with Gasteiger partial charge in [-0.25, -0.2) is 4.79 Å². The fourth-order valence-electron chi connectivity index (χ4n) is 1.54. The quantitative estimate of drug-likeness (QED) is 0.717. The van der Waals surface area contributed by atoms with Crippen LogP contribution in [0, 0.1) is 0 Å². The first-order valence-corrected chi connectivity index (χ1v) is 6.58. The average Bonchev–Trinajstić information content (AvgIpc) is 2.38. The minimum atomic E-state index is -0.915. The van der Waals surface area contributed by atoms with Crippen LogP contribution >= 0.6 is 11.1 Å². The number of urea groups is 1. The maximum absolute atomic E-state index is 11.1. The second-order valence-corrected chi connectivity index (χ2v) is 5.41. The predicted molar refractivity (Wildman–Crippen MR) is 71.1 cm³/mol. The summed E-state index contributed by atoms with van der Waals surface area (Å²) in [6.45, 7) is 0. The molecule has 0 aliphatic heterocycles. The molecule has 2 aromatic rings. The maximum Gasteiger partial charge on any atom is 0.321 e. The first-order chi connectivity index (χ1) is 8.27. The van der Waals surface area contributed by atoms with Gasteiger partial charge in [0.15, 0.2) is 0 Å². The van der Waals surface area contributed by atoms with E-state index in [4.69, 9.17) is 5.73 Å². The molecular formula is C13H14N2OS. The number of thiol groups is 1. The van der Waals surface area contributed by atoms with Crippen LogP contribution in [-0.4, -0.2) is 6.03 Å². The molecule has 3 N–H and O–H groups in total. The summed E-state index contributed by atoms with van der Waals surface area (Å²) in [4.78, 5) is 13.2. The van der Waals surface area contributed by atoms with E-state index in [-0.39, 0.29) is 0 Å². The molecule has 4 heteroatoms. The first-order valence-electron chi connectivity index (χ1n) is 5.23. The van der Waals surface area contributed by atoms with Crippen molar-refractivity contribution >= 4 is 17.1 Å². The Morgan fingerprint density at radius 1 is 0.882 bits per heavy atom. The number of hydrogen-bond acceptors (Lipinski definition) is 1. The van der Waals surface area contributed by atoms with E-state index in [0.717, 1.165) is 9.79 Å². The average molecular weight is 246 g/mol. The highest BCUT2D eigenvalue weighted by Crippen LogP contribution is 2.40. The zero-order valence-electron chi connectivity index (χ0n) is 9.21. The monoisotopic (exact) mass is 246 g/mol. The second kappa shape index (κ2) is 5.41. The SMILES string of the molecule is NC(=O)N[SH](c1ccccc1)c1ccccc1. The smallest absolute Gasteiger partial charge is 0.321 e. The predicted octanol–water partition coefficient (Wildman–Crippen LogP) is 2.69. The fourth-order valence-corrected chi connectivity index (χ4v) is 3.26. The summed E-state index contributed by atoms with van der Waals surface area (Å²) in [6, 6.07) is 19.2. The number of hydrogen-bond donors (Lipinski definition) is 3.